The summed E-state index contributed by atoms with van der Waals surface area (Å²) in [7, 11) is 0. The molecule has 0 radical (unpaired) electrons. The predicted octanol–water partition coefficient (Wildman–Crippen LogP) is 4.06. The van der Waals surface area contributed by atoms with Gasteiger partial charge in [0.1, 0.15) is 0 Å². The highest BCUT2D eigenvalue weighted by atomic mass is 16.5. The molecule has 1 aromatic rings. The zero-order chi connectivity index (χ0) is 14.5. The van der Waals surface area contributed by atoms with Gasteiger partial charge in [0, 0.05) is 12.5 Å². The van der Waals surface area contributed by atoms with Crippen LogP contribution in [0.25, 0.3) is 0 Å². The molecule has 3 rings (SSSR count). The van der Waals surface area contributed by atoms with Crippen LogP contribution < -0.4 is 5.73 Å². The Morgan fingerprint density at radius 1 is 0.952 bits per heavy atom. The van der Waals surface area contributed by atoms with E-state index < -0.39 is 0 Å². The van der Waals surface area contributed by atoms with Gasteiger partial charge in [0.2, 0.25) is 5.89 Å². The van der Waals surface area contributed by atoms with Crippen LogP contribution in [-0.2, 0) is 5.41 Å². The fourth-order valence-electron chi connectivity index (χ4n) is 4.06. The lowest BCUT2D eigenvalue weighted by Gasteiger charge is -2.26. The van der Waals surface area contributed by atoms with Crippen molar-refractivity contribution < 1.29 is 4.52 Å². The molecule has 2 fully saturated rings. The normalized spacial score (nSPS) is 24.4. The molecule has 0 spiro atoms. The molecule has 0 aliphatic heterocycles. The van der Waals surface area contributed by atoms with Crippen LogP contribution in [0.15, 0.2) is 4.52 Å². The van der Waals surface area contributed by atoms with Gasteiger partial charge in [-0.3, -0.25) is 0 Å². The molecular weight excluding hydrogens is 262 g/mol. The summed E-state index contributed by atoms with van der Waals surface area (Å²) in [5.41, 5.74) is 6.08. The van der Waals surface area contributed by atoms with Crippen LogP contribution in [0, 0.1) is 0 Å². The second-order valence-electron chi connectivity index (χ2n) is 7.04. The smallest absolute Gasteiger partial charge is 0.234 e. The predicted molar refractivity (Wildman–Crippen MR) is 83.2 cm³/mol. The number of nitrogens with zero attached hydrogens (tertiary/aromatic N) is 2. The van der Waals surface area contributed by atoms with Crippen LogP contribution in [0.4, 0.5) is 0 Å². The molecule has 21 heavy (non-hydrogen) atoms. The van der Waals surface area contributed by atoms with Crippen molar-refractivity contribution in [1.82, 2.24) is 10.1 Å². The maximum absolute atomic E-state index is 6.12. The van der Waals surface area contributed by atoms with E-state index in [0.29, 0.717) is 12.5 Å². The van der Waals surface area contributed by atoms with E-state index in [1.165, 1.54) is 64.2 Å². The minimum absolute atomic E-state index is 0.0491. The third kappa shape index (κ3) is 3.31. The van der Waals surface area contributed by atoms with Crippen molar-refractivity contribution in [3.63, 3.8) is 0 Å². The fourth-order valence-corrected chi connectivity index (χ4v) is 4.06. The Bertz CT molecular complexity index is 427. The summed E-state index contributed by atoms with van der Waals surface area (Å²) in [6.45, 7) is 0.638. The summed E-state index contributed by atoms with van der Waals surface area (Å²) < 4.78 is 5.71. The second-order valence-corrected chi connectivity index (χ2v) is 7.04. The Labute approximate surface area is 127 Å². The lowest BCUT2D eigenvalue weighted by Crippen LogP contribution is -2.35. The molecule has 0 aromatic carbocycles. The zero-order valence-electron chi connectivity index (χ0n) is 13.1. The van der Waals surface area contributed by atoms with Crippen molar-refractivity contribution in [2.45, 2.75) is 88.4 Å². The fraction of sp³-hybridized carbons (Fsp3) is 0.882. The van der Waals surface area contributed by atoms with Crippen molar-refractivity contribution in [2.75, 3.05) is 6.54 Å². The number of hydrogen-bond donors (Lipinski definition) is 1. The summed E-state index contributed by atoms with van der Waals surface area (Å²) in [5, 5.41) is 4.34. The lowest BCUT2D eigenvalue weighted by molar-refractivity contribution is 0.255. The quantitative estimate of drug-likeness (QED) is 0.853. The van der Waals surface area contributed by atoms with Gasteiger partial charge in [0.15, 0.2) is 5.82 Å². The molecule has 2 saturated carbocycles. The lowest BCUT2D eigenvalue weighted by atomic mass is 9.80. The van der Waals surface area contributed by atoms with Crippen LogP contribution in [0.1, 0.15) is 94.7 Å². The first kappa shape index (κ1) is 15.0. The summed E-state index contributed by atoms with van der Waals surface area (Å²) in [6.07, 6.45) is 15.1. The van der Waals surface area contributed by atoms with Gasteiger partial charge in [0.05, 0.1) is 5.41 Å². The topological polar surface area (TPSA) is 64.9 Å². The third-order valence-electron chi connectivity index (χ3n) is 5.57. The van der Waals surface area contributed by atoms with Gasteiger partial charge in [-0.05, 0) is 25.7 Å². The van der Waals surface area contributed by atoms with Crippen molar-refractivity contribution >= 4 is 0 Å². The van der Waals surface area contributed by atoms with E-state index in [0.717, 1.165) is 24.6 Å². The van der Waals surface area contributed by atoms with Crippen molar-refractivity contribution in [3.05, 3.63) is 11.7 Å². The summed E-state index contributed by atoms with van der Waals surface area (Å²) in [4.78, 5) is 4.83. The van der Waals surface area contributed by atoms with Crippen molar-refractivity contribution in [3.8, 4) is 0 Å². The van der Waals surface area contributed by atoms with E-state index in [1.807, 2.05) is 0 Å². The molecule has 0 amide bonds. The molecule has 1 heterocycles. The summed E-state index contributed by atoms with van der Waals surface area (Å²) in [6, 6.07) is 0. The zero-order valence-corrected chi connectivity index (χ0v) is 13.1. The van der Waals surface area contributed by atoms with Gasteiger partial charge in [-0.1, -0.05) is 56.5 Å². The first-order chi connectivity index (χ1) is 10.3. The average molecular weight is 291 g/mol. The molecule has 2 aliphatic rings. The Kier molecular flexibility index (Phi) is 4.94. The van der Waals surface area contributed by atoms with E-state index in [9.17, 15) is 0 Å². The van der Waals surface area contributed by atoms with E-state index >= 15 is 0 Å². The van der Waals surface area contributed by atoms with E-state index in [1.54, 1.807) is 0 Å². The van der Waals surface area contributed by atoms with E-state index in [4.69, 9.17) is 15.2 Å². The van der Waals surface area contributed by atoms with E-state index in [2.05, 4.69) is 5.16 Å². The molecule has 118 valence electrons. The largest absolute Gasteiger partial charge is 0.339 e. The maximum atomic E-state index is 6.12. The van der Waals surface area contributed by atoms with Crippen LogP contribution in [0.3, 0.4) is 0 Å². The SMILES string of the molecule is NCC1(c2nc(C3CCCCCC3)no2)CCCCCC1. The van der Waals surface area contributed by atoms with Crippen molar-refractivity contribution in [2.24, 2.45) is 5.73 Å². The summed E-state index contributed by atoms with van der Waals surface area (Å²) >= 11 is 0. The Hall–Kier alpha value is -0.900. The monoisotopic (exact) mass is 291 g/mol. The second kappa shape index (κ2) is 6.91. The van der Waals surface area contributed by atoms with Gasteiger partial charge < -0.3 is 10.3 Å². The molecule has 2 N–H and O–H groups in total. The highest BCUT2D eigenvalue weighted by Crippen LogP contribution is 2.38. The first-order valence-corrected chi connectivity index (χ1v) is 8.88. The Morgan fingerprint density at radius 3 is 2.19 bits per heavy atom. The molecule has 0 atom stereocenters. The van der Waals surface area contributed by atoms with Crippen LogP contribution in [0.2, 0.25) is 0 Å². The molecular formula is C17H29N3O. The van der Waals surface area contributed by atoms with Crippen LogP contribution in [-0.4, -0.2) is 16.7 Å². The summed E-state index contributed by atoms with van der Waals surface area (Å²) in [5.74, 6) is 2.28. The minimum atomic E-state index is -0.0491. The Morgan fingerprint density at radius 2 is 1.57 bits per heavy atom. The molecule has 4 nitrogen and oxygen atoms in total. The molecule has 2 aliphatic carbocycles. The van der Waals surface area contributed by atoms with Crippen molar-refractivity contribution in [1.29, 1.82) is 0 Å². The first-order valence-electron chi connectivity index (χ1n) is 8.88. The molecule has 0 unspecified atom stereocenters. The molecule has 1 aromatic heterocycles. The standard InChI is InChI=1S/C17H29N3O/c18-13-17(11-7-3-4-8-12-17)16-19-15(20-21-16)14-9-5-1-2-6-10-14/h14H,1-13,18H2. The van der Waals surface area contributed by atoms with Gasteiger partial charge >= 0.3 is 0 Å². The highest BCUT2D eigenvalue weighted by Gasteiger charge is 2.37. The molecule has 4 heteroatoms. The molecule has 0 bridgehead atoms. The van der Waals surface area contributed by atoms with Crippen LogP contribution >= 0.6 is 0 Å². The van der Waals surface area contributed by atoms with Gasteiger partial charge in [-0.15, -0.1) is 0 Å². The third-order valence-corrected chi connectivity index (χ3v) is 5.57. The number of rotatable bonds is 3. The van der Waals surface area contributed by atoms with E-state index in [-0.39, 0.29) is 5.41 Å². The van der Waals surface area contributed by atoms with Gasteiger partial charge in [0.25, 0.3) is 0 Å². The molecule has 0 saturated heterocycles. The maximum Gasteiger partial charge on any atom is 0.234 e. The Balaban J connectivity index is 1.78. The van der Waals surface area contributed by atoms with Crippen LogP contribution in [0.5, 0.6) is 0 Å². The number of hydrogen-bond acceptors (Lipinski definition) is 4. The van der Waals surface area contributed by atoms with Gasteiger partial charge in [-0.25, -0.2) is 0 Å². The average Bonchev–Trinajstić information content (AvgIpc) is 2.74. The highest BCUT2D eigenvalue weighted by molar-refractivity contribution is 5.09. The number of nitrogens with two attached hydrogens (primary N) is 1. The number of aromatic nitrogens is 2. The van der Waals surface area contributed by atoms with Gasteiger partial charge in [-0.2, -0.15) is 4.98 Å². The minimum Gasteiger partial charge on any atom is -0.339 e.